The van der Waals surface area contributed by atoms with Gasteiger partial charge in [-0.1, -0.05) is 34.8 Å². The van der Waals surface area contributed by atoms with E-state index in [1.165, 1.54) is 12.3 Å². The van der Waals surface area contributed by atoms with Gasteiger partial charge in [0.25, 0.3) is 5.91 Å². The van der Waals surface area contributed by atoms with Crippen LogP contribution in [0.25, 0.3) is 0 Å². The number of rotatable bonds is 3. The second-order valence-electron chi connectivity index (χ2n) is 8.06. The van der Waals surface area contributed by atoms with Crippen molar-refractivity contribution in [3.8, 4) is 0 Å². The van der Waals surface area contributed by atoms with Gasteiger partial charge in [-0.25, -0.2) is 9.78 Å². The summed E-state index contributed by atoms with van der Waals surface area (Å²) in [6.07, 6.45) is 1.11. The van der Waals surface area contributed by atoms with Crippen molar-refractivity contribution in [3.05, 3.63) is 51.2 Å². The number of nitrogens with one attached hydrogen (secondary N) is 1. The predicted molar refractivity (Wildman–Crippen MR) is 124 cm³/mol. The Morgan fingerprint density at radius 3 is 2.35 bits per heavy atom. The maximum Gasteiger partial charge on any atom is 0.410 e. The van der Waals surface area contributed by atoms with E-state index in [-0.39, 0.29) is 17.2 Å². The molecule has 1 saturated heterocycles. The lowest BCUT2D eigenvalue weighted by molar-refractivity contribution is 0.0240. The van der Waals surface area contributed by atoms with Crippen molar-refractivity contribution in [1.29, 1.82) is 0 Å². The van der Waals surface area contributed by atoms with E-state index in [1.807, 2.05) is 25.7 Å². The van der Waals surface area contributed by atoms with Crippen LogP contribution < -0.4 is 10.2 Å². The fraction of sp³-hybridized carbons (Fsp3) is 0.381. The topological polar surface area (TPSA) is 74.8 Å². The first-order valence-corrected chi connectivity index (χ1v) is 10.8. The smallest absolute Gasteiger partial charge is 0.410 e. The highest BCUT2D eigenvalue weighted by Gasteiger charge is 2.27. The number of ether oxygens (including phenoxy) is 1. The molecule has 166 valence electrons. The van der Waals surface area contributed by atoms with Crippen LogP contribution in [-0.2, 0) is 4.74 Å². The van der Waals surface area contributed by atoms with Crippen LogP contribution in [0.15, 0.2) is 30.5 Å². The van der Waals surface area contributed by atoms with Crippen molar-refractivity contribution in [2.45, 2.75) is 26.4 Å². The van der Waals surface area contributed by atoms with Crippen molar-refractivity contribution in [1.82, 2.24) is 9.88 Å². The zero-order chi connectivity index (χ0) is 22.8. The molecule has 31 heavy (non-hydrogen) atoms. The van der Waals surface area contributed by atoms with Crippen LogP contribution in [0.2, 0.25) is 15.2 Å². The largest absolute Gasteiger partial charge is 0.444 e. The van der Waals surface area contributed by atoms with Crippen molar-refractivity contribution < 1.29 is 14.3 Å². The van der Waals surface area contributed by atoms with Gasteiger partial charge in [0.05, 0.1) is 16.4 Å². The monoisotopic (exact) mass is 484 g/mol. The molecule has 3 rings (SSSR count). The Morgan fingerprint density at radius 2 is 1.74 bits per heavy atom. The normalized spacial score (nSPS) is 14.4. The lowest BCUT2D eigenvalue weighted by Crippen LogP contribution is -2.50. The molecule has 0 saturated carbocycles. The second-order valence-corrected chi connectivity index (χ2v) is 9.29. The maximum atomic E-state index is 12.7. The molecule has 1 fully saturated rings. The minimum Gasteiger partial charge on any atom is -0.444 e. The Balaban J connectivity index is 1.78. The number of aromatic nitrogens is 1. The highest BCUT2D eigenvalue weighted by Crippen LogP contribution is 2.37. The molecule has 2 heterocycles. The summed E-state index contributed by atoms with van der Waals surface area (Å²) in [7, 11) is 0. The average molecular weight is 486 g/mol. The summed E-state index contributed by atoms with van der Waals surface area (Å²) in [6, 6.07) is 6.34. The molecule has 0 radical (unpaired) electrons. The van der Waals surface area contributed by atoms with Gasteiger partial charge in [-0.2, -0.15) is 0 Å². The summed E-state index contributed by atoms with van der Waals surface area (Å²) in [5.74, 6) is -0.373. The number of carbonyl (C=O) groups excluding carboxylic acids is 2. The molecule has 0 unspecified atom stereocenters. The number of amides is 2. The number of anilines is 2. The number of hydrogen-bond acceptors (Lipinski definition) is 5. The summed E-state index contributed by atoms with van der Waals surface area (Å²) in [5.41, 5.74) is 0.915. The van der Waals surface area contributed by atoms with Crippen molar-refractivity contribution in [2.75, 3.05) is 36.4 Å². The van der Waals surface area contributed by atoms with Crippen LogP contribution in [0.5, 0.6) is 0 Å². The zero-order valence-corrected chi connectivity index (χ0v) is 19.7. The lowest BCUT2D eigenvalue weighted by atomic mass is 10.2. The number of hydrogen-bond donors (Lipinski definition) is 1. The first-order valence-electron chi connectivity index (χ1n) is 9.68. The molecule has 0 bridgehead atoms. The van der Waals surface area contributed by atoms with E-state index < -0.39 is 5.60 Å². The Morgan fingerprint density at radius 1 is 1.06 bits per heavy atom. The molecule has 0 aliphatic carbocycles. The third-order valence-corrected chi connectivity index (χ3v) is 5.26. The lowest BCUT2D eigenvalue weighted by Gasteiger charge is -2.37. The minimum absolute atomic E-state index is 0.216. The van der Waals surface area contributed by atoms with E-state index in [2.05, 4.69) is 10.3 Å². The van der Waals surface area contributed by atoms with Crippen LogP contribution in [0, 0.1) is 0 Å². The summed E-state index contributed by atoms with van der Waals surface area (Å²) in [6.45, 7) is 7.48. The summed E-state index contributed by atoms with van der Waals surface area (Å²) < 4.78 is 5.44. The molecule has 1 aliphatic heterocycles. The highest BCUT2D eigenvalue weighted by atomic mass is 35.5. The minimum atomic E-state index is -0.554. The van der Waals surface area contributed by atoms with Crippen molar-refractivity contribution in [2.24, 2.45) is 0 Å². The number of piperazine rings is 1. The van der Waals surface area contributed by atoms with Crippen LogP contribution in [-0.4, -0.2) is 53.7 Å². The van der Waals surface area contributed by atoms with Gasteiger partial charge in [0.2, 0.25) is 0 Å². The zero-order valence-electron chi connectivity index (χ0n) is 17.4. The van der Waals surface area contributed by atoms with Gasteiger partial charge in [0.15, 0.2) is 0 Å². The molecule has 1 aromatic heterocycles. The maximum absolute atomic E-state index is 12.7. The summed E-state index contributed by atoms with van der Waals surface area (Å²) in [4.78, 5) is 32.6. The molecule has 1 N–H and O–H groups in total. The number of nitrogens with zero attached hydrogens (tertiary/aromatic N) is 3. The first-order chi connectivity index (χ1) is 14.5. The molecule has 0 spiro atoms. The molecule has 10 heteroatoms. The van der Waals surface area contributed by atoms with E-state index in [4.69, 9.17) is 39.5 Å². The van der Waals surface area contributed by atoms with Crippen LogP contribution in [0.4, 0.5) is 16.2 Å². The third-order valence-electron chi connectivity index (χ3n) is 4.53. The Bertz CT molecular complexity index is 986. The van der Waals surface area contributed by atoms with E-state index >= 15 is 0 Å². The van der Waals surface area contributed by atoms with Gasteiger partial charge >= 0.3 is 6.09 Å². The number of halogens is 3. The summed E-state index contributed by atoms with van der Waals surface area (Å²) in [5, 5.41) is 3.82. The third kappa shape index (κ3) is 6.15. The Kier molecular flexibility index (Phi) is 7.19. The average Bonchev–Trinajstić information content (AvgIpc) is 2.68. The van der Waals surface area contributed by atoms with Gasteiger partial charge in [-0.3, -0.25) is 4.79 Å². The van der Waals surface area contributed by atoms with Gasteiger partial charge in [-0.05, 0) is 45.0 Å². The van der Waals surface area contributed by atoms with Crippen molar-refractivity contribution >= 4 is 58.2 Å². The number of benzene rings is 1. The molecular weight excluding hydrogens is 463 g/mol. The van der Waals surface area contributed by atoms with Gasteiger partial charge < -0.3 is 19.9 Å². The van der Waals surface area contributed by atoms with Gasteiger partial charge in [0.1, 0.15) is 10.8 Å². The van der Waals surface area contributed by atoms with Crippen molar-refractivity contribution in [3.63, 3.8) is 0 Å². The molecule has 2 amide bonds. The van der Waals surface area contributed by atoms with E-state index in [9.17, 15) is 9.59 Å². The van der Waals surface area contributed by atoms with E-state index in [1.54, 1.807) is 23.1 Å². The van der Waals surface area contributed by atoms with E-state index in [0.29, 0.717) is 53.2 Å². The van der Waals surface area contributed by atoms with Gasteiger partial charge in [-0.15, -0.1) is 0 Å². The highest BCUT2D eigenvalue weighted by molar-refractivity contribution is 6.38. The van der Waals surface area contributed by atoms with Crippen LogP contribution >= 0.6 is 34.8 Å². The SMILES string of the molecule is CC(C)(C)OC(=O)N1CCN(c2cc(Cl)cc(Cl)c2NC(=O)c2ccnc(Cl)c2)CC1. The summed E-state index contributed by atoms with van der Waals surface area (Å²) >= 11 is 18.5. The predicted octanol–water partition coefficient (Wildman–Crippen LogP) is 5.35. The fourth-order valence-corrected chi connectivity index (χ4v) is 3.82. The van der Waals surface area contributed by atoms with Crippen LogP contribution in [0.3, 0.4) is 0 Å². The van der Waals surface area contributed by atoms with Gasteiger partial charge in [0, 0.05) is 43.0 Å². The molecule has 2 aromatic rings. The quantitative estimate of drug-likeness (QED) is 0.593. The molecular formula is C21H23Cl3N4O3. The van der Waals surface area contributed by atoms with E-state index in [0.717, 1.165) is 0 Å². The van der Waals surface area contributed by atoms with Crippen LogP contribution in [0.1, 0.15) is 31.1 Å². The second kappa shape index (κ2) is 9.51. The Hall–Kier alpha value is -2.22. The number of carbonyl (C=O) groups is 2. The first kappa shape index (κ1) is 23.4. The standard InChI is InChI=1S/C21H23Cl3N4O3/c1-21(2,3)31-20(30)28-8-6-27(7-9-28)16-12-14(22)11-15(23)18(16)26-19(29)13-4-5-25-17(24)10-13/h4-5,10-12H,6-9H2,1-3H3,(H,26,29). The Labute approximate surface area is 196 Å². The number of pyridine rings is 1. The fourth-order valence-electron chi connectivity index (χ4n) is 3.12. The molecule has 1 aliphatic rings. The molecule has 0 atom stereocenters. The molecule has 7 nitrogen and oxygen atoms in total. The molecule has 1 aromatic carbocycles.